The fourth-order valence-corrected chi connectivity index (χ4v) is 5.60. The van der Waals surface area contributed by atoms with Crippen molar-refractivity contribution in [3.63, 3.8) is 0 Å². The molecule has 2 aromatic carbocycles. The number of carbonyl (C=O) groups is 3. The van der Waals surface area contributed by atoms with Crippen LogP contribution < -0.4 is 4.74 Å². The van der Waals surface area contributed by atoms with Crippen LogP contribution in [0, 0.1) is 0 Å². The van der Waals surface area contributed by atoms with Crippen LogP contribution in [-0.4, -0.2) is 61.7 Å². The summed E-state index contributed by atoms with van der Waals surface area (Å²) >= 11 is 5.87. The third-order valence-corrected chi connectivity index (χ3v) is 7.99. The van der Waals surface area contributed by atoms with Gasteiger partial charge < -0.3 is 19.6 Å². The number of ether oxygens (including phenoxy) is 1. The molecular formula is C28H25ClF4N4O5. The van der Waals surface area contributed by atoms with E-state index in [4.69, 9.17) is 11.6 Å². The largest absolute Gasteiger partial charge is 0.480 e. The molecule has 0 fully saturated rings. The Labute approximate surface area is 242 Å². The van der Waals surface area contributed by atoms with E-state index in [-0.39, 0.29) is 41.5 Å². The van der Waals surface area contributed by atoms with Crippen molar-refractivity contribution in [1.29, 1.82) is 0 Å². The van der Waals surface area contributed by atoms with Gasteiger partial charge in [0.2, 0.25) is 0 Å². The molecule has 0 radical (unpaired) electrons. The topological polar surface area (TPSA) is 105 Å². The number of aromatic nitrogens is 2. The van der Waals surface area contributed by atoms with E-state index in [1.54, 1.807) is 13.8 Å². The molecule has 1 N–H and O–H groups in total. The third kappa shape index (κ3) is 5.28. The highest BCUT2D eigenvalue weighted by Crippen LogP contribution is 2.36. The fourth-order valence-electron chi connectivity index (χ4n) is 5.40. The van der Waals surface area contributed by atoms with Crippen molar-refractivity contribution in [2.75, 3.05) is 6.54 Å². The highest BCUT2D eigenvalue weighted by Gasteiger charge is 2.43. The quantitative estimate of drug-likeness (QED) is 0.355. The van der Waals surface area contributed by atoms with Crippen molar-refractivity contribution in [2.24, 2.45) is 0 Å². The second kappa shape index (κ2) is 11.3. The molecule has 0 bridgehead atoms. The van der Waals surface area contributed by atoms with Gasteiger partial charge in [-0.2, -0.15) is 13.9 Å². The lowest BCUT2D eigenvalue weighted by atomic mass is 9.96. The van der Waals surface area contributed by atoms with Crippen molar-refractivity contribution in [2.45, 2.75) is 58.0 Å². The van der Waals surface area contributed by atoms with Crippen LogP contribution in [0.4, 0.5) is 17.6 Å². The molecule has 3 aromatic rings. The Morgan fingerprint density at radius 1 is 1.12 bits per heavy atom. The Hall–Kier alpha value is -4.13. The summed E-state index contributed by atoms with van der Waals surface area (Å²) < 4.78 is 57.5. The predicted octanol–water partition coefficient (Wildman–Crippen LogP) is 5.51. The van der Waals surface area contributed by atoms with Crippen LogP contribution in [0.25, 0.3) is 0 Å². The van der Waals surface area contributed by atoms with Crippen LogP contribution in [0.15, 0.2) is 42.5 Å². The SMILES string of the molecule is C[C@@H]1Cc2nn3c(c2CN1C(=O)c1ccc(Cl)c(C(F)F)c1)C(=O)N([C@@H](C)c1ccc(OC(F)F)cc1)C[C@H]3C(=O)O. The minimum absolute atomic E-state index is 0.00436. The van der Waals surface area contributed by atoms with E-state index in [0.717, 1.165) is 6.07 Å². The zero-order valence-corrected chi connectivity index (χ0v) is 23.1. The highest BCUT2D eigenvalue weighted by molar-refractivity contribution is 6.31. The van der Waals surface area contributed by atoms with Crippen molar-refractivity contribution >= 4 is 29.4 Å². The standard InChI is InChI=1S/C28H25ClF4N4O5/c1-13-9-21-19(11-35(13)25(38)16-5-8-20(29)18(10-16)24(30)31)23-26(39)36(12-22(27(40)41)37(23)34-21)14(2)15-3-6-17(7-4-15)42-28(32)33/h3-8,10,13-14,22,24,28H,9,11-12H2,1-2H3,(H,40,41)/t13-,14+,22+/m1/s1. The van der Waals surface area contributed by atoms with Crippen LogP contribution >= 0.6 is 11.6 Å². The van der Waals surface area contributed by atoms with Gasteiger partial charge in [-0.3, -0.25) is 9.59 Å². The molecule has 0 saturated carbocycles. The summed E-state index contributed by atoms with van der Waals surface area (Å²) in [6.07, 6.45) is -2.68. The average Bonchev–Trinajstić information content (AvgIpc) is 3.30. The molecule has 5 rings (SSSR count). The van der Waals surface area contributed by atoms with Crippen LogP contribution in [0.3, 0.4) is 0 Å². The maximum absolute atomic E-state index is 13.9. The molecule has 42 heavy (non-hydrogen) atoms. The third-order valence-electron chi connectivity index (χ3n) is 7.65. The number of fused-ring (bicyclic) bond motifs is 3. The van der Waals surface area contributed by atoms with Crippen molar-refractivity contribution < 1.29 is 41.8 Å². The zero-order chi connectivity index (χ0) is 30.5. The molecule has 0 saturated heterocycles. The first-order valence-corrected chi connectivity index (χ1v) is 13.3. The van der Waals surface area contributed by atoms with Gasteiger partial charge in [-0.1, -0.05) is 23.7 Å². The summed E-state index contributed by atoms with van der Waals surface area (Å²) in [5, 5.41) is 14.3. The number of alkyl halides is 4. The number of hydrogen-bond acceptors (Lipinski definition) is 5. The first-order chi connectivity index (χ1) is 19.9. The maximum Gasteiger partial charge on any atom is 0.387 e. The number of amides is 2. The number of carbonyl (C=O) groups excluding carboxylic acids is 2. The number of hydrogen-bond donors (Lipinski definition) is 1. The average molecular weight is 609 g/mol. The summed E-state index contributed by atoms with van der Waals surface area (Å²) in [5.74, 6) is -2.36. The van der Waals surface area contributed by atoms with Crippen LogP contribution in [0.2, 0.25) is 5.02 Å². The number of halogens is 5. The second-order valence-electron chi connectivity index (χ2n) is 10.2. The lowest BCUT2D eigenvalue weighted by Crippen LogP contribution is -2.47. The Bertz CT molecular complexity index is 1550. The van der Waals surface area contributed by atoms with Gasteiger partial charge in [-0.05, 0) is 49.7 Å². The van der Waals surface area contributed by atoms with Crippen molar-refractivity contribution in [1.82, 2.24) is 19.6 Å². The molecule has 14 heteroatoms. The van der Waals surface area contributed by atoms with Gasteiger partial charge in [-0.15, -0.1) is 0 Å². The van der Waals surface area contributed by atoms with Gasteiger partial charge in [0.05, 0.1) is 24.8 Å². The summed E-state index contributed by atoms with van der Waals surface area (Å²) in [5.41, 5.74) is 0.928. The van der Waals surface area contributed by atoms with Crippen LogP contribution in [-0.2, 0) is 17.8 Å². The molecule has 2 aliphatic rings. The van der Waals surface area contributed by atoms with Gasteiger partial charge in [0.25, 0.3) is 18.2 Å². The van der Waals surface area contributed by atoms with Crippen molar-refractivity contribution in [3.05, 3.63) is 81.1 Å². The highest BCUT2D eigenvalue weighted by atomic mass is 35.5. The van der Waals surface area contributed by atoms with E-state index in [0.29, 0.717) is 16.8 Å². The van der Waals surface area contributed by atoms with E-state index in [9.17, 15) is 37.1 Å². The lowest BCUT2D eigenvalue weighted by Gasteiger charge is -2.37. The fraction of sp³-hybridized carbons (Fsp3) is 0.357. The Morgan fingerprint density at radius 3 is 2.43 bits per heavy atom. The van der Waals surface area contributed by atoms with E-state index in [1.165, 1.54) is 50.9 Å². The minimum Gasteiger partial charge on any atom is -0.480 e. The van der Waals surface area contributed by atoms with E-state index >= 15 is 0 Å². The monoisotopic (exact) mass is 608 g/mol. The lowest BCUT2D eigenvalue weighted by molar-refractivity contribution is -0.142. The van der Waals surface area contributed by atoms with Gasteiger partial charge in [0.15, 0.2) is 6.04 Å². The smallest absolute Gasteiger partial charge is 0.387 e. The Balaban J connectivity index is 1.48. The van der Waals surface area contributed by atoms with Gasteiger partial charge >= 0.3 is 12.6 Å². The number of aliphatic carboxylic acids is 1. The van der Waals surface area contributed by atoms with E-state index in [1.807, 2.05) is 0 Å². The predicted molar refractivity (Wildman–Crippen MR) is 141 cm³/mol. The number of carboxylic acids is 1. The van der Waals surface area contributed by atoms with Gasteiger partial charge in [0, 0.05) is 34.2 Å². The maximum atomic E-state index is 13.9. The zero-order valence-electron chi connectivity index (χ0n) is 22.3. The molecule has 0 aliphatic carbocycles. The summed E-state index contributed by atoms with van der Waals surface area (Å²) in [6.45, 7) is 0.113. The first-order valence-electron chi connectivity index (χ1n) is 12.9. The summed E-state index contributed by atoms with van der Waals surface area (Å²) in [7, 11) is 0. The second-order valence-corrected chi connectivity index (χ2v) is 10.6. The molecule has 9 nitrogen and oxygen atoms in total. The van der Waals surface area contributed by atoms with Gasteiger partial charge in [-0.25, -0.2) is 18.3 Å². The number of benzene rings is 2. The Morgan fingerprint density at radius 2 is 1.81 bits per heavy atom. The molecular weight excluding hydrogens is 584 g/mol. The number of rotatable bonds is 7. The molecule has 222 valence electrons. The summed E-state index contributed by atoms with van der Waals surface area (Å²) in [4.78, 5) is 42.4. The number of carboxylic acid groups (broad SMARTS) is 1. The Kier molecular flexibility index (Phi) is 7.88. The normalized spacial score (nSPS) is 19.1. The molecule has 1 aromatic heterocycles. The molecule has 0 unspecified atom stereocenters. The minimum atomic E-state index is -3.00. The number of nitrogens with zero attached hydrogens (tertiary/aromatic N) is 4. The summed E-state index contributed by atoms with van der Waals surface area (Å²) in [6, 6.07) is 6.97. The molecule has 0 spiro atoms. The van der Waals surface area contributed by atoms with Crippen molar-refractivity contribution in [3.8, 4) is 5.75 Å². The van der Waals surface area contributed by atoms with Gasteiger partial charge in [0.1, 0.15) is 11.4 Å². The first kappa shape index (κ1) is 29.4. The van der Waals surface area contributed by atoms with E-state index < -0.39 is 54.5 Å². The molecule has 3 atom stereocenters. The molecule has 2 amide bonds. The molecule has 3 heterocycles. The van der Waals surface area contributed by atoms with Crippen LogP contribution in [0.1, 0.15) is 75.6 Å². The van der Waals surface area contributed by atoms with Crippen LogP contribution in [0.5, 0.6) is 5.75 Å². The van der Waals surface area contributed by atoms with E-state index in [2.05, 4.69) is 9.84 Å². The molecule has 2 aliphatic heterocycles.